The number of halogens is 3. The summed E-state index contributed by atoms with van der Waals surface area (Å²) in [6, 6.07) is 4.52. The number of carboxylic acid groups (broad SMARTS) is 1. The molecule has 1 aromatic carbocycles. The van der Waals surface area contributed by atoms with Crippen LogP contribution in [-0.4, -0.2) is 33.6 Å². The summed E-state index contributed by atoms with van der Waals surface area (Å²) in [7, 11) is 0. The normalized spacial score (nSPS) is 17.3. The second kappa shape index (κ2) is 5.49. The maximum absolute atomic E-state index is 12.6. The fourth-order valence-corrected chi connectivity index (χ4v) is 2.52. The van der Waals surface area contributed by atoms with Crippen molar-refractivity contribution >= 4 is 11.9 Å². The van der Waals surface area contributed by atoms with Gasteiger partial charge in [0.1, 0.15) is 5.82 Å². The molecule has 0 spiro atoms. The lowest BCUT2D eigenvalue weighted by Gasteiger charge is -2.25. The van der Waals surface area contributed by atoms with Gasteiger partial charge in [0.25, 0.3) is 0 Å². The van der Waals surface area contributed by atoms with Gasteiger partial charge >= 0.3 is 12.3 Å². The van der Waals surface area contributed by atoms with Crippen LogP contribution in [-0.2, 0) is 12.7 Å². The van der Waals surface area contributed by atoms with Crippen LogP contribution in [0, 0.1) is 0 Å². The molecule has 6 nitrogen and oxygen atoms in total. The number of amides is 1. The molecule has 0 saturated carbocycles. The fraction of sp³-hybridized carbons (Fsp3) is 0.286. The summed E-state index contributed by atoms with van der Waals surface area (Å²) >= 11 is 0. The van der Waals surface area contributed by atoms with Crippen molar-refractivity contribution in [3.8, 4) is 11.1 Å². The van der Waals surface area contributed by atoms with Gasteiger partial charge in [0, 0.05) is 12.1 Å². The Hall–Kier alpha value is -2.71. The molecule has 3 rings (SSSR count). The van der Waals surface area contributed by atoms with Crippen molar-refractivity contribution in [1.82, 2.24) is 15.1 Å². The lowest BCUT2D eigenvalue weighted by Crippen LogP contribution is -2.45. The number of hydrogen-bond donors (Lipinski definition) is 3. The van der Waals surface area contributed by atoms with Gasteiger partial charge in [-0.1, -0.05) is 12.1 Å². The van der Waals surface area contributed by atoms with E-state index >= 15 is 0 Å². The van der Waals surface area contributed by atoms with E-state index in [1.807, 2.05) is 0 Å². The number of nitrogens with one attached hydrogen (secondary N) is 2. The van der Waals surface area contributed by atoms with Gasteiger partial charge in [0.05, 0.1) is 24.3 Å². The number of anilines is 1. The number of nitrogens with zero attached hydrogens (tertiary/aromatic N) is 2. The lowest BCUT2D eigenvalue weighted by molar-refractivity contribution is -0.137. The number of carbonyl (C=O) groups is 1. The SMILES string of the molecule is O=C(O)NC1CNc2c(-c3ccc(C(F)(F)F)cc3)cnn2C1. The van der Waals surface area contributed by atoms with Crippen molar-refractivity contribution in [2.45, 2.75) is 18.8 Å². The average Bonchev–Trinajstić information content (AvgIpc) is 2.89. The number of benzene rings is 1. The molecule has 1 unspecified atom stereocenters. The predicted octanol–water partition coefficient (Wildman–Crippen LogP) is 2.63. The third kappa shape index (κ3) is 3.08. The van der Waals surface area contributed by atoms with Crippen molar-refractivity contribution in [3.63, 3.8) is 0 Å². The Morgan fingerprint density at radius 2 is 2.04 bits per heavy atom. The van der Waals surface area contributed by atoms with Crippen LogP contribution in [0.1, 0.15) is 5.56 Å². The Morgan fingerprint density at radius 1 is 1.35 bits per heavy atom. The molecule has 1 amide bonds. The van der Waals surface area contributed by atoms with Crippen molar-refractivity contribution in [1.29, 1.82) is 0 Å². The largest absolute Gasteiger partial charge is 0.465 e. The number of alkyl halides is 3. The first-order valence-electron chi connectivity index (χ1n) is 6.81. The van der Waals surface area contributed by atoms with Gasteiger partial charge in [0.15, 0.2) is 0 Å². The molecule has 2 heterocycles. The predicted molar refractivity (Wildman–Crippen MR) is 76.1 cm³/mol. The lowest BCUT2D eigenvalue weighted by atomic mass is 10.1. The maximum Gasteiger partial charge on any atom is 0.416 e. The highest BCUT2D eigenvalue weighted by atomic mass is 19.4. The first-order valence-corrected chi connectivity index (χ1v) is 6.81. The van der Waals surface area contributed by atoms with Gasteiger partial charge in [-0.25, -0.2) is 9.48 Å². The number of hydrogen-bond acceptors (Lipinski definition) is 3. The smallest absolute Gasteiger partial charge is 0.416 e. The summed E-state index contributed by atoms with van der Waals surface area (Å²) in [4.78, 5) is 10.7. The zero-order chi connectivity index (χ0) is 16.6. The topological polar surface area (TPSA) is 79.2 Å². The van der Waals surface area contributed by atoms with Crippen LogP contribution in [0.2, 0.25) is 0 Å². The highest BCUT2D eigenvalue weighted by Crippen LogP contribution is 2.33. The molecule has 1 aliphatic heterocycles. The molecular formula is C14H13F3N4O2. The monoisotopic (exact) mass is 326 g/mol. The molecule has 0 aliphatic carbocycles. The van der Waals surface area contributed by atoms with Crippen molar-refractivity contribution in [2.24, 2.45) is 0 Å². The molecule has 0 bridgehead atoms. The summed E-state index contributed by atoms with van der Waals surface area (Å²) in [5.74, 6) is 0.660. The minimum absolute atomic E-state index is 0.319. The molecule has 122 valence electrons. The van der Waals surface area contributed by atoms with Crippen LogP contribution in [0.4, 0.5) is 23.8 Å². The van der Waals surface area contributed by atoms with Crippen LogP contribution in [0.5, 0.6) is 0 Å². The Balaban J connectivity index is 1.84. The summed E-state index contributed by atoms with van der Waals surface area (Å²) in [6.45, 7) is 0.737. The molecule has 0 fully saturated rings. The molecular weight excluding hydrogens is 313 g/mol. The Kier molecular flexibility index (Phi) is 3.63. The molecule has 1 aromatic heterocycles. The van der Waals surface area contributed by atoms with Crippen molar-refractivity contribution in [2.75, 3.05) is 11.9 Å². The number of rotatable bonds is 2. The highest BCUT2D eigenvalue weighted by molar-refractivity contribution is 5.75. The average molecular weight is 326 g/mol. The van der Waals surface area contributed by atoms with Crippen LogP contribution in [0.25, 0.3) is 11.1 Å². The maximum atomic E-state index is 12.6. The zero-order valence-electron chi connectivity index (χ0n) is 11.8. The van der Waals surface area contributed by atoms with Gasteiger partial charge in [-0.2, -0.15) is 18.3 Å². The molecule has 3 N–H and O–H groups in total. The third-order valence-corrected chi connectivity index (χ3v) is 3.60. The molecule has 1 atom stereocenters. The van der Waals surface area contributed by atoms with E-state index in [0.717, 1.165) is 12.1 Å². The Bertz CT molecular complexity index is 725. The van der Waals surface area contributed by atoms with Gasteiger partial charge in [-0.15, -0.1) is 0 Å². The van der Waals surface area contributed by atoms with Gasteiger partial charge in [-0.3, -0.25) is 0 Å². The Morgan fingerprint density at radius 3 is 2.65 bits per heavy atom. The van der Waals surface area contributed by atoms with Gasteiger partial charge in [0.2, 0.25) is 0 Å². The van der Waals surface area contributed by atoms with E-state index in [9.17, 15) is 18.0 Å². The van der Waals surface area contributed by atoms with Crippen molar-refractivity contribution in [3.05, 3.63) is 36.0 Å². The molecule has 2 aromatic rings. The minimum Gasteiger partial charge on any atom is -0.465 e. The van der Waals surface area contributed by atoms with Gasteiger partial charge in [-0.05, 0) is 17.7 Å². The van der Waals surface area contributed by atoms with Crippen LogP contribution in [0.3, 0.4) is 0 Å². The minimum atomic E-state index is -4.37. The quantitative estimate of drug-likeness (QED) is 0.793. The third-order valence-electron chi connectivity index (χ3n) is 3.60. The van der Waals surface area contributed by atoms with Crippen LogP contribution in [0.15, 0.2) is 30.5 Å². The zero-order valence-corrected chi connectivity index (χ0v) is 11.8. The van der Waals surface area contributed by atoms with Gasteiger partial charge < -0.3 is 15.7 Å². The molecule has 1 aliphatic rings. The molecule has 0 saturated heterocycles. The summed E-state index contributed by atoms with van der Waals surface area (Å²) in [5, 5.41) is 18.3. The van der Waals surface area contributed by atoms with Crippen LogP contribution >= 0.6 is 0 Å². The fourth-order valence-electron chi connectivity index (χ4n) is 2.52. The second-order valence-corrected chi connectivity index (χ2v) is 5.19. The summed E-state index contributed by atoms with van der Waals surface area (Å²) < 4.78 is 39.4. The second-order valence-electron chi connectivity index (χ2n) is 5.19. The van der Waals surface area contributed by atoms with Crippen molar-refractivity contribution < 1.29 is 23.1 Å². The summed E-state index contributed by atoms with van der Waals surface area (Å²) in [5.41, 5.74) is 0.574. The molecule has 9 heteroatoms. The number of fused-ring (bicyclic) bond motifs is 1. The van der Waals surface area contributed by atoms with E-state index in [-0.39, 0.29) is 6.04 Å². The Labute approximate surface area is 128 Å². The van der Waals surface area contributed by atoms with E-state index in [1.54, 1.807) is 10.9 Å². The first kappa shape index (κ1) is 15.2. The highest BCUT2D eigenvalue weighted by Gasteiger charge is 2.30. The number of aromatic nitrogens is 2. The van der Waals surface area contributed by atoms with E-state index in [1.165, 1.54) is 12.1 Å². The molecule has 0 radical (unpaired) electrons. The van der Waals surface area contributed by atoms with E-state index in [2.05, 4.69) is 15.7 Å². The van der Waals surface area contributed by atoms with E-state index in [4.69, 9.17) is 5.11 Å². The first-order chi connectivity index (χ1) is 10.8. The molecule has 23 heavy (non-hydrogen) atoms. The summed E-state index contributed by atoms with van der Waals surface area (Å²) in [6.07, 6.45) is -3.94. The standard InChI is InChI=1S/C14H13F3N4O2/c15-14(16,17)9-3-1-8(2-4-9)11-6-19-21-7-10(20-13(22)23)5-18-12(11)21/h1-4,6,10,18,20H,5,7H2,(H,22,23). The van der Waals surface area contributed by atoms with Crippen LogP contribution < -0.4 is 10.6 Å². The van der Waals surface area contributed by atoms with E-state index in [0.29, 0.717) is 30.0 Å². The van der Waals surface area contributed by atoms with E-state index < -0.39 is 17.8 Å².